The Hall–Kier alpha value is -8.79. The number of aromatic nitrogens is 8. The Morgan fingerprint density at radius 2 is 1.06 bits per heavy atom. The number of hydrogen-bond acceptors (Lipinski definition) is 14. The van der Waals surface area contributed by atoms with Gasteiger partial charge in [-0.1, -0.05) is 12.1 Å². The van der Waals surface area contributed by atoms with E-state index in [9.17, 15) is 44.7 Å². The number of nitrogen functional groups attached to an aromatic ring is 1. The molecule has 2 aromatic carbocycles. The zero-order chi connectivity index (χ0) is 47.3. The van der Waals surface area contributed by atoms with Crippen LogP contribution in [-0.4, -0.2) is 52.0 Å². The Labute approximate surface area is 366 Å². The van der Waals surface area contributed by atoms with Crippen LogP contribution in [0.4, 0.5) is 74.8 Å². The van der Waals surface area contributed by atoms with Crippen molar-refractivity contribution >= 4 is 69.1 Å². The largest absolute Gasteiger partial charge is 0.433 e. The molecule has 66 heavy (non-hydrogen) atoms. The number of urea groups is 1. The minimum Gasteiger partial charge on any atom is -0.368 e. The lowest BCUT2D eigenvalue weighted by molar-refractivity contribution is -0.142. The second kappa shape index (κ2) is 21.1. The second-order valence-electron chi connectivity index (χ2n) is 13.1. The predicted octanol–water partition coefficient (Wildman–Crippen LogP) is 9.26. The molecule has 0 saturated carbocycles. The summed E-state index contributed by atoms with van der Waals surface area (Å²) in [7, 11) is 0. The monoisotopic (exact) mass is 914 g/mol. The summed E-state index contributed by atoms with van der Waals surface area (Å²) < 4.78 is 104. The Balaban J connectivity index is 0.000000188. The molecule has 0 fully saturated rings. The van der Waals surface area contributed by atoms with Crippen molar-refractivity contribution in [3.05, 3.63) is 156 Å². The summed E-state index contributed by atoms with van der Waals surface area (Å²) in [6.07, 6.45) is -2.58. The van der Waals surface area contributed by atoms with E-state index < -0.39 is 35.6 Å². The fraction of sp³-hybridized carbons (Fsp3) is 0.0952. The number of alkyl halides is 6. The molecule has 6 heterocycles. The van der Waals surface area contributed by atoms with Gasteiger partial charge in [-0.25, -0.2) is 28.3 Å². The maximum absolute atomic E-state index is 13.2. The molecule has 0 bridgehead atoms. The molecule has 336 valence electrons. The Kier molecular flexibility index (Phi) is 14.9. The fourth-order valence-electron chi connectivity index (χ4n) is 5.66. The lowest BCUT2D eigenvalue weighted by Gasteiger charge is -2.14. The highest BCUT2D eigenvalue weighted by molar-refractivity contribution is 5.99. The van der Waals surface area contributed by atoms with Gasteiger partial charge in [0.25, 0.3) is 0 Å². The van der Waals surface area contributed by atoms with Crippen molar-refractivity contribution < 1.29 is 44.7 Å². The van der Waals surface area contributed by atoms with E-state index in [0.717, 1.165) is 12.4 Å². The molecule has 0 radical (unpaired) electrons. The van der Waals surface area contributed by atoms with Gasteiger partial charge in [-0.3, -0.25) is 15.3 Å². The molecule has 0 aliphatic carbocycles. The topological polar surface area (TPSA) is 224 Å². The highest BCUT2D eigenvalue weighted by atomic mass is 19.4. The zero-order valence-electron chi connectivity index (χ0n) is 33.4. The van der Waals surface area contributed by atoms with Crippen LogP contribution in [0.25, 0.3) is 22.1 Å². The van der Waals surface area contributed by atoms with Crippen molar-refractivity contribution in [3.8, 4) is 0 Å². The summed E-state index contributed by atoms with van der Waals surface area (Å²) in [5.74, 6) is -0.459. The third-order valence-corrected chi connectivity index (χ3v) is 8.50. The van der Waals surface area contributed by atoms with Crippen molar-refractivity contribution in [2.24, 2.45) is 4.99 Å². The number of benzene rings is 2. The van der Waals surface area contributed by atoms with E-state index in [4.69, 9.17) is 5.73 Å². The van der Waals surface area contributed by atoms with E-state index >= 15 is 0 Å². The third kappa shape index (κ3) is 12.9. The molecule has 0 aliphatic heterocycles. The minimum absolute atomic E-state index is 0.00854. The van der Waals surface area contributed by atoms with Crippen LogP contribution in [0.5, 0.6) is 0 Å². The smallest absolute Gasteiger partial charge is 0.368 e. The lowest BCUT2D eigenvalue weighted by atomic mass is 10.2. The molecule has 0 aliphatic rings. The number of isocyanates is 1. The van der Waals surface area contributed by atoms with Crippen LogP contribution in [-0.2, 0) is 30.2 Å². The first-order valence-corrected chi connectivity index (χ1v) is 18.8. The van der Waals surface area contributed by atoms with E-state index in [2.05, 4.69) is 66.1 Å². The van der Waals surface area contributed by atoms with Gasteiger partial charge in [-0.05, 0) is 84.9 Å². The van der Waals surface area contributed by atoms with Gasteiger partial charge in [0.15, 0.2) is 11.3 Å². The molecule has 0 saturated heterocycles. The fourth-order valence-corrected chi connectivity index (χ4v) is 5.66. The summed E-state index contributed by atoms with van der Waals surface area (Å²) in [4.78, 5) is 56.6. The minimum atomic E-state index is -4.61. The standard InChI is InChI=1S/C21H15F4N7O.C14H11F3N6.C7H4FNO/c22-13-5-7-14(8-6-13)29-20(33)32-19-30-17-15(4-2-10-27-17)18(31-19)28-11-12-3-1-9-26-16(12)21(23,24)25;15-14(16,17)10-8(3-1-5-19-10)7-21-12-9-4-2-6-20-11(9)22-13(18)23-12;8-6-1-3-7(4-2-6)9-5-10/h1-10H,11H2,(H3,27,28,29,30,31,32,33);1-6H,7H2,(H3,18,20,21,22,23);1-4H. The molecular weight excluding hydrogens is 885 g/mol. The quantitative estimate of drug-likeness (QED) is 0.0518. The molecule has 6 aromatic heterocycles. The lowest BCUT2D eigenvalue weighted by Crippen LogP contribution is -2.21. The van der Waals surface area contributed by atoms with Crippen LogP contribution < -0.4 is 27.0 Å². The SMILES string of the molecule is Nc1nc(NCc2cccnc2C(F)(F)F)c2cccnc2n1.O=C(Nc1ccc(F)cc1)Nc1nc(NCc2cccnc2C(F)(F)F)c2cccnc2n1.O=C=Nc1ccc(F)cc1. The number of pyridine rings is 4. The van der Waals surface area contributed by atoms with E-state index in [1.807, 2.05) is 0 Å². The van der Waals surface area contributed by atoms with E-state index in [-0.39, 0.29) is 53.4 Å². The maximum atomic E-state index is 13.2. The molecule has 6 N–H and O–H groups in total. The molecule has 8 rings (SSSR count). The Bertz CT molecular complexity index is 2990. The molecule has 2 amide bonds. The first kappa shape index (κ1) is 46.7. The summed E-state index contributed by atoms with van der Waals surface area (Å²) in [6, 6.07) is 21.8. The Morgan fingerprint density at radius 3 is 1.58 bits per heavy atom. The molecule has 0 atom stereocenters. The molecule has 8 aromatic rings. The molecule has 0 spiro atoms. The van der Waals surface area contributed by atoms with Crippen molar-refractivity contribution in [2.45, 2.75) is 25.4 Å². The second-order valence-corrected chi connectivity index (χ2v) is 13.1. The van der Waals surface area contributed by atoms with Crippen molar-refractivity contribution in [1.29, 1.82) is 0 Å². The average molecular weight is 915 g/mol. The zero-order valence-corrected chi connectivity index (χ0v) is 33.4. The van der Waals surface area contributed by atoms with Crippen LogP contribution in [0, 0.1) is 11.6 Å². The molecule has 0 unspecified atom stereocenters. The predicted molar refractivity (Wildman–Crippen MR) is 225 cm³/mol. The van der Waals surface area contributed by atoms with Crippen molar-refractivity contribution in [2.75, 3.05) is 27.0 Å². The summed E-state index contributed by atoms with van der Waals surface area (Å²) >= 11 is 0. The maximum Gasteiger partial charge on any atom is 0.433 e. The van der Waals surface area contributed by atoms with Gasteiger partial charge < -0.3 is 21.7 Å². The summed E-state index contributed by atoms with van der Waals surface area (Å²) in [6.45, 7) is -0.339. The number of aliphatic imine (C=N–C) groups is 1. The highest BCUT2D eigenvalue weighted by Crippen LogP contribution is 2.32. The van der Waals surface area contributed by atoms with Gasteiger partial charge in [0.2, 0.25) is 18.0 Å². The van der Waals surface area contributed by atoms with Crippen LogP contribution in [0.1, 0.15) is 22.5 Å². The number of amides is 2. The number of hydrogen-bond donors (Lipinski definition) is 5. The van der Waals surface area contributed by atoms with E-state index in [1.54, 1.807) is 30.5 Å². The molecule has 24 heteroatoms. The Morgan fingerprint density at radius 1 is 0.591 bits per heavy atom. The summed E-state index contributed by atoms with van der Waals surface area (Å²) in [5.41, 5.74) is 4.92. The first-order valence-electron chi connectivity index (χ1n) is 18.8. The molecular formula is C42H30F8N14O2. The van der Waals surface area contributed by atoms with Crippen molar-refractivity contribution in [3.63, 3.8) is 0 Å². The number of carbonyl (C=O) groups excluding carboxylic acids is 2. The van der Waals surface area contributed by atoms with Gasteiger partial charge in [-0.2, -0.15) is 51.3 Å². The van der Waals surface area contributed by atoms with Crippen molar-refractivity contribution in [1.82, 2.24) is 39.9 Å². The van der Waals surface area contributed by atoms with Crippen LogP contribution in [0.15, 0.2) is 127 Å². The summed E-state index contributed by atoms with van der Waals surface area (Å²) in [5, 5.41) is 11.6. The van der Waals surface area contributed by atoms with Gasteiger partial charge in [0.1, 0.15) is 34.7 Å². The van der Waals surface area contributed by atoms with Gasteiger partial charge >= 0.3 is 18.4 Å². The average Bonchev–Trinajstić information content (AvgIpc) is 3.29. The van der Waals surface area contributed by atoms with E-state index in [1.165, 1.54) is 85.1 Å². The first-order chi connectivity index (χ1) is 31.6. The van der Waals surface area contributed by atoms with Gasteiger partial charge in [0, 0.05) is 54.7 Å². The molecule has 16 nitrogen and oxygen atoms in total. The van der Waals surface area contributed by atoms with Crippen LogP contribution >= 0.6 is 0 Å². The van der Waals surface area contributed by atoms with Crippen LogP contribution in [0.2, 0.25) is 0 Å². The number of nitrogens with zero attached hydrogens (tertiary/aromatic N) is 9. The number of carbonyl (C=O) groups is 1. The normalized spacial score (nSPS) is 11.0. The number of fused-ring (bicyclic) bond motifs is 2. The van der Waals surface area contributed by atoms with E-state index in [0.29, 0.717) is 33.6 Å². The number of halogens is 8. The number of nitrogens with two attached hydrogens (primary N) is 1. The van der Waals surface area contributed by atoms with Gasteiger partial charge in [-0.15, -0.1) is 0 Å². The van der Waals surface area contributed by atoms with Gasteiger partial charge in [0.05, 0.1) is 16.5 Å². The van der Waals surface area contributed by atoms with Crippen LogP contribution in [0.3, 0.4) is 0 Å². The number of anilines is 5. The number of rotatable bonds is 9. The number of nitrogens with one attached hydrogen (secondary N) is 4. The third-order valence-electron chi connectivity index (χ3n) is 8.50. The highest BCUT2D eigenvalue weighted by Gasteiger charge is 2.36.